The number of amides is 1. The van der Waals surface area contributed by atoms with E-state index in [1.165, 1.54) is 6.26 Å². The number of carbonyl (C=O) groups excluding carboxylic acids is 1. The van der Waals surface area contributed by atoms with Gasteiger partial charge in [0.15, 0.2) is 9.84 Å². The van der Waals surface area contributed by atoms with Gasteiger partial charge in [-0.25, -0.2) is 8.42 Å². The van der Waals surface area contributed by atoms with Gasteiger partial charge in [-0.1, -0.05) is 36.4 Å². The Labute approximate surface area is 200 Å². The second kappa shape index (κ2) is 9.24. The molecule has 3 aromatic rings. The lowest BCUT2D eigenvalue weighted by atomic mass is 9.94. The molecule has 0 radical (unpaired) electrons. The lowest BCUT2D eigenvalue weighted by Gasteiger charge is -2.37. The minimum Gasteiger partial charge on any atom is -0.464 e. The number of fused-ring (bicyclic) bond motifs is 1. The van der Waals surface area contributed by atoms with Gasteiger partial charge in [-0.05, 0) is 60.4 Å². The van der Waals surface area contributed by atoms with Gasteiger partial charge in [0, 0.05) is 36.4 Å². The van der Waals surface area contributed by atoms with Gasteiger partial charge in [-0.2, -0.15) is 0 Å². The number of piperidine rings is 1. The van der Waals surface area contributed by atoms with E-state index in [2.05, 4.69) is 0 Å². The maximum Gasteiger partial charge on any atom is 0.253 e. The number of likely N-dealkylation sites (tertiary alicyclic amines) is 1. The zero-order chi connectivity index (χ0) is 23.7. The van der Waals surface area contributed by atoms with Gasteiger partial charge in [0.05, 0.1) is 11.5 Å². The second-order valence-electron chi connectivity index (χ2n) is 8.92. The number of carbonyl (C=O) groups is 1. The number of ether oxygens (including phenoxy) is 2. The molecular weight excluding hydrogens is 450 g/mol. The van der Waals surface area contributed by atoms with Crippen molar-refractivity contribution in [1.82, 2.24) is 4.90 Å². The Bertz CT molecular complexity index is 1300. The largest absolute Gasteiger partial charge is 0.464 e. The first-order valence-electron chi connectivity index (χ1n) is 11.4. The first-order valence-corrected chi connectivity index (χ1v) is 13.3. The van der Waals surface area contributed by atoms with E-state index >= 15 is 0 Å². The van der Waals surface area contributed by atoms with Crippen LogP contribution in [0, 0.1) is 5.92 Å². The smallest absolute Gasteiger partial charge is 0.253 e. The van der Waals surface area contributed by atoms with Crippen molar-refractivity contribution in [2.45, 2.75) is 30.6 Å². The Morgan fingerprint density at radius 1 is 0.912 bits per heavy atom. The minimum atomic E-state index is -3.27. The molecule has 6 nitrogen and oxygen atoms in total. The Morgan fingerprint density at radius 3 is 2.38 bits per heavy atom. The molecule has 0 N–H and O–H groups in total. The molecule has 0 bridgehead atoms. The van der Waals surface area contributed by atoms with E-state index in [4.69, 9.17) is 9.47 Å². The van der Waals surface area contributed by atoms with Gasteiger partial charge in [0.1, 0.15) is 5.75 Å². The Hall–Kier alpha value is -3.16. The lowest BCUT2D eigenvalue weighted by Crippen LogP contribution is -2.44. The van der Waals surface area contributed by atoms with Crippen molar-refractivity contribution in [2.24, 2.45) is 5.92 Å². The minimum absolute atomic E-state index is 0.0716. The van der Waals surface area contributed by atoms with E-state index in [1.54, 1.807) is 18.2 Å². The van der Waals surface area contributed by atoms with Gasteiger partial charge in [-0.15, -0.1) is 0 Å². The van der Waals surface area contributed by atoms with E-state index < -0.39 is 9.84 Å². The quantitative estimate of drug-likeness (QED) is 0.552. The Balaban J connectivity index is 1.24. The summed E-state index contributed by atoms with van der Waals surface area (Å²) < 4.78 is 36.1. The van der Waals surface area contributed by atoms with Crippen LogP contribution >= 0.6 is 0 Å². The van der Waals surface area contributed by atoms with Crippen LogP contribution in [-0.4, -0.2) is 44.9 Å². The maximum absolute atomic E-state index is 12.7. The second-order valence-corrected chi connectivity index (χ2v) is 10.9. The summed E-state index contributed by atoms with van der Waals surface area (Å²) in [6.07, 6.45) is 2.54. The third-order valence-electron chi connectivity index (χ3n) is 6.53. The number of nitrogens with zero attached hydrogens (tertiary/aromatic N) is 1. The van der Waals surface area contributed by atoms with E-state index in [0.29, 0.717) is 24.6 Å². The molecule has 1 amide bonds. The first-order chi connectivity index (χ1) is 16.4. The van der Waals surface area contributed by atoms with E-state index in [9.17, 15) is 13.2 Å². The van der Waals surface area contributed by atoms with Crippen LogP contribution in [-0.2, 0) is 21.2 Å². The van der Waals surface area contributed by atoms with Crippen molar-refractivity contribution in [2.75, 3.05) is 19.3 Å². The number of hydrogen-bond acceptors (Lipinski definition) is 5. The lowest BCUT2D eigenvalue weighted by molar-refractivity contribution is -0.148. The maximum atomic E-state index is 12.7. The number of benzene rings is 3. The van der Waals surface area contributed by atoms with E-state index in [0.717, 1.165) is 40.8 Å². The van der Waals surface area contributed by atoms with Crippen LogP contribution in [0.15, 0.2) is 77.7 Å². The standard InChI is InChI=1S/C27H27NO5S/c1-34(30,31)24-9-5-8-21(17-24)22-10-11-25-23(16-22)18-32-27(33-25)20-12-14-28(15-13-20)26(29)19-6-3-2-4-7-19/h2-11,16-17,20,27H,12-15,18H2,1H3. The van der Waals surface area contributed by atoms with Crippen LogP contribution in [0.4, 0.5) is 0 Å². The van der Waals surface area contributed by atoms with Gasteiger partial charge in [0.2, 0.25) is 6.29 Å². The molecule has 34 heavy (non-hydrogen) atoms. The van der Waals surface area contributed by atoms with Crippen LogP contribution < -0.4 is 4.74 Å². The van der Waals surface area contributed by atoms with Crippen LogP contribution in [0.3, 0.4) is 0 Å². The van der Waals surface area contributed by atoms with Crippen LogP contribution in [0.2, 0.25) is 0 Å². The SMILES string of the molecule is CS(=O)(=O)c1cccc(-c2ccc3c(c2)COC(C2CCN(C(=O)c4ccccc4)CC2)O3)c1. The van der Waals surface area contributed by atoms with Crippen LogP contribution in [0.25, 0.3) is 11.1 Å². The van der Waals surface area contributed by atoms with Crippen molar-refractivity contribution < 1.29 is 22.7 Å². The summed E-state index contributed by atoms with van der Waals surface area (Å²) >= 11 is 0. The van der Waals surface area contributed by atoms with Crippen molar-refractivity contribution in [3.8, 4) is 16.9 Å². The molecule has 2 heterocycles. The first kappa shape index (κ1) is 22.6. The normalized spacial score (nSPS) is 18.7. The number of rotatable bonds is 4. The third kappa shape index (κ3) is 4.72. The van der Waals surface area contributed by atoms with Crippen molar-refractivity contribution >= 4 is 15.7 Å². The molecule has 0 aromatic heterocycles. The molecule has 2 aliphatic rings. The van der Waals surface area contributed by atoms with E-state index in [1.807, 2.05) is 59.5 Å². The molecule has 0 spiro atoms. The molecule has 5 rings (SSSR count). The summed E-state index contributed by atoms with van der Waals surface area (Å²) in [5.41, 5.74) is 3.42. The van der Waals surface area contributed by atoms with Crippen LogP contribution in [0.5, 0.6) is 5.75 Å². The van der Waals surface area contributed by atoms with Crippen molar-refractivity contribution in [3.05, 3.63) is 83.9 Å². The summed E-state index contributed by atoms with van der Waals surface area (Å²) in [6, 6.07) is 22.2. The molecular formula is C27H27NO5S. The molecule has 7 heteroatoms. The highest BCUT2D eigenvalue weighted by Crippen LogP contribution is 2.35. The zero-order valence-electron chi connectivity index (χ0n) is 19.0. The fourth-order valence-corrected chi connectivity index (χ4v) is 5.26. The summed E-state index contributed by atoms with van der Waals surface area (Å²) in [5, 5.41) is 0. The van der Waals surface area contributed by atoms with Crippen molar-refractivity contribution in [3.63, 3.8) is 0 Å². The molecule has 1 saturated heterocycles. The molecule has 176 valence electrons. The molecule has 1 atom stereocenters. The van der Waals surface area contributed by atoms with Gasteiger partial charge >= 0.3 is 0 Å². The fraction of sp³-hybridized carbons (Fsp3) is 0.296. The highest BCUT2D eigenvalue weighted by molar-refractivity contribution is 7.90. The number of sulfone groups is 1. The summed E-state index contributed by atoms with van der Waals surface area (Å²) in [5.74, 6) is 1.09. The predicted molar refractivity (Wildman–Crippen MR) is 129 cm³/mol. The topological polar surface area (TPSA) is 72.9 Å². The molecule has 1 fully saturated rings. The molecule has 3 aromatic carbocycles. The fourth-order valence-electron chi connectivity index (χ4n) is 4.59. The monoisotopic (exact) mass is 477 g/mol. The average molecular weight is 478 g/mol. The highest BCUT2D eigenvalue weighted by Gasteiger charge is 2.33. The molecule has 2 aliphatic heterocycles. The predicted octanol–water partition coefficient (Wildman–Crippen LogP) is 4.54. The summed E-state index contributed by atoms with van der Waals surface area (Å²) in [6.45, 7) is 1.80. The molecule has 0 aliphatic carbocycles. The van der Waals surface area contributed by atoms with Gasteiger partial charge in [-0.3, -0.25) is 4.79 Å². The molecule has 0 saturated carbocycles. The van der Waals surface area contributed by atoms with Gasteiger partial charge in [0.25, 0.3) is 5.91 Å². The highest BCUT2D eigenvalue weighted by atomic mass is 32.2. The Kier molecular flexibility index (Phi) is 6.15. The third-order valence-corrected chi connectivity index (χ3v) is 7.64. The van der Waals surface area contributed by atoms with Gasteiger partial charge < -0.3 is 14.4 Å². The van der Waals surface area contributed by atoms with Crippen molar-refractivity contribution in [1.29, 1.82) is 0 Å². The average Bonchev–Trinajstić information content (AvgIpc) is 2.88. The van der Waals surface area contributed by atoms with E-state index in [-0.39, 0.29) is 18.1 Å². The summed E-state index contributed by atoms with van der Waals surface area (Å²) in [4.78, 5) is 14.9. The Morgan fingerprint density at radius 2 is 1.65 bits per heavy atom. The molecule has 1 unspecified atom stereocenters. The number of hydrogen-bond donors (Lipinski definition) is 0. The zero-order valence-corrected chi connectivity index (χ0v) is 19.8. The van der Waals surface area contributed by atoms with Crippen LogP contribution in [0.1, 0.15) is 28.8 Å². The summed E-state index contributed by atoms with van der Waals surface area (Å²) in [7, 11) is -3.27.